The van der Waals surface area contributed by atoms with Gasteiger partial charge in [0.2, 0.25) is 0 Å². The average Bonchev–Trinajstić information content (AvgIpc) is 2.49. The van der Waals surface area contributed by atoms with E-state index in [9.17, 15) is 0 Å². The fourth-order valence-corrected chi connectivity index (χ4v) is 1.71. The van der Waals surface area contributed by atoms with Crippen LogP contribution in [0.2, 0.25) is 0 Å². The molecule has 102 valence electrons. The summed E-state index contributed by atoms with van der Waals surface area (Å²) in [6.07, 6.45) is 0. The summed E-state index contributed by atoms with van der Waals surface area (Å²) in [5.41, 5.74) is 4.86. The van der Waals surface area contributed by atoms with Crippen molar-refractivity contribution in [3.8, 4) is 0 Å². The predicted molar refractivity (Wildman–Crippen MR) is 85.8 cm³/mol. The quantitative estimate of drug-likeness (QED) is 0.830. The van der Waals surface area contributed by atoms with Gasteiger partial charge in [-0.05, 0) is 36.8 Å². The van der Waals surface area contributed by atoms with Gasteiger partial charge in [0.05, 0.1) is 0 Å². The molecule has 0 saturated heterocycles. The van der Waals surface area contributed by atoms with Gasteiger partial charge in [0.1, 0.15) is 0 Å². The van der Waals surface area contributed by atoms with Crippen molar-refractivity contribution in [1.29, 1.82) is 0 Å². The van der Waals surface area contributed by atoms with Crippen LogP contribution in [-0.2, 0) is 6.54 Å². The predicted octanol–water partition coefficient (Wildman–Crippen LogP) is 4.68. The second-order valence-corrected chi connectivity index (χ2v) is 4.17. The molecule has 0 radical (unpaired) electrons. The summed E-state index contributed by atoms with van der Waals surface area (Å²) in [5.74, 6) is 0. The van der Waals surface area contributed by atoms with Gasteiger partial charge in [0, 0.05) is 25.0 Å². The molecule has 2 N–H and O–H groups in total. The van der Waals surface area contributed by atoms with Gasteiger partial charge in [-0.3, -0.25) is 0 Å². The van der Waals surface area contributed by atoms with Crippen LogP contribution in [0.4, 0.5) is 11.4 Å². The Kier molecular flexibility index (Phi) is 6.51. The molecule has 2 nitrogen and oxygen atoms in total. The summed E-state index contributed by atoms with van der Waals surface area (Å²) in [7, 11) is 1.94. The first-order valence-electron chi connectivity index (χ1n) is 6.85. The van der Waals surface area contributed by atoms with Crippen LogP contribution in [0.3, 0.4) is 0 Å². The first-order chi connectivity index (χ1) is 9.28. The van der Waals surface area contributed by atoms with Crippen LogP contribution in [-0.4, -0.2) is 7.05 Å². The zero-order chi connectivity index (χ0) is 14.1. The lowest BCUT2D eigenvalue weighted by Gasteiger charge is -2.08. The van der Waals surface area contributed by atoms with Crippen LogP contribution < -0.4 is 10.6 Å². The number of rotatable bonds is 4. The largest absolute Gasteiger partial charge is 0.388 e. The van der Waals surface area contributed by atoms with Crippen LogP contribution in [0.15, 0.2) is 48.5 Å². The molecule has 0 amide bonds. The van der Waals surface area contributed by atoms with E-state index in [0.717, 1.165) is 17.9 Å². The molecule has 0 bridgehead atoms. The molecule has 2 aromatic rings. The highest BCUT2D eigenvalue weighted by Gasteiger charge is 1.95. The van der Waals surface area contributed by atoms with Crippen molar-refractivity contribution in [2.24, 2.45) is 0 Å². The van der Waals surface area contributed by atoms with Gasteiger partial charge in [-0.1, -0.05) is 43.7 Å². The Morgan fingerprint density at radius 3 is 2.21 bits per heavy atom. The molecule has 0 heterocycles. The molecule has 0 aliphatic carbocycles. The first kappa shape index (κ1) is 15.1. The normalized spacial score (nSPS) is 9.26. The van der Waals surface area contributed by atoms with Crippen molar-refractivity contribution in [3.63, 3.8) is 0 Å². The second-order valence-electron chi connectivity index (χ2n) is 4.17. The highest BCUT2D eigenvalue weighted by Crippen LogP contribution is 2.13. The van der Waals surface area contributed by atoms with E-state index in [1.54, 1.807) is 0 Å². The van der Waals surface area contributed by atoms with Crippen molar-refractivity contribution in [3.05, 3.63) is 59.7 Å². The van der Waals surface area contributed by atoms with Crippen LogP contribution in [0.25, 0.3) is 0 Å². The van der Waals surface area contributed by atoms with Gasteiger partial charge in [-0.2, -0.15) is 0 Å². The van der Waals surface area contributed by atoms with Gasteiger partial charge < -0.3 is 10.6 Å². The van der Waals surface area contributed by atoms with Crippen molar-refractivity contribution in [2.75, 3.05) is 17.7 Å². The third kappa shape index (κ3) is 5.04. The summed E-state index contributed by atoms with van der Waals surface area (Å²) < 4.78 is 0. The van der Waals surface area contributed by atoms with Crippen LogP contribution >= 0.6 is 0 Å². The van der Waals surface area contributed by atoms with Gasteiger partial charge in [-0.15, -0.1) is 0 Å². The zero-order valence-electron chi connectivity index (χ0n) is 12.3. The molecule has 2 heteroatoms. The van der Waals surface area contributed by atoms with E-state index in [1.165, 1.54) is 11.1 Å². The monoisotopic (exact) mass is 256 g/mol. The molecule has 0 fully saturated rings. The maximum Gasteiger partial charge on any atom is 0.0401 e. The molecular weight excluding hydrogens is 232 g/mol. The molecule has 0 spiro atoms. The molecular formula is C17H24N2. The van der Waals surface area contributed by atoms with E-state index in [4.69, 9.17) is 0 Å². The topological polar surface area (TPSA) is 24.1 Å². The summed E-state index contributed by atoms with van der Waals surface area (Å²) in [4.78, 5) is 0. The maximum atomic E-state index is 3.41. The summed E-state index contributed by atoms with van der Waals surface area (Å²) in [6, 6.07) is 16.9. The fraction of sp³-hybridized carbons (Fsp3) is 0.294. The number of benzene rings is 2. The Morgan fingerprint density at radius 1 is 0.895 bits per heavy atom. The molecule has 0 atom stereocenters. The molecule has 2 aromatic carbocycles. The zero-order valence-corrected chi connectivity index (χ0v) is 12.3. The van der Waals surface area contributed by atoms with Gasteiger partial charge in [-0.25, -0.2) is 0 Å². The number of anilines is 2. The van der Waals surface area contributed by atoms with Gasteiger partial charge >= 0.3 is 0 Å². The second kappa shape index (κ2) is 8.20. The summed E-state index contributed by atoms with van der Waals surface area (Å²) >= 11 is 0. The Labute approximate surface area is 116 Å². The van der Waals surface area contributed by atoms with Crippen molar-refractivity contribution in [1.82, 2.24) is 0 Å². The smallest absolute Gasteiger partial charge is 0.0401 e. The highest BCUT2D eigenvalue weighted by molar-refractivity contribution is 5.48. The van der Waals surface area contributed by atoms with E-state index >= 15 is 0 Å². The van der Waals surface area contributed by atoms with Gasteiger partial charge in [0.25, 0.3) is 0 Å². The van der Waals surface area contributed by atoms with E-state index in [2.05, 4.69) is 66.1 Å². The average molecular weight is 256 g/mol. The minimum absolute atomic E-state index is 0.846. The molecule has 0 aromatic heterocycles. The SMILES string of the molecule is CC.CNc1cccc(CNc2ccc(C)cc2)c1. The fourth-order valence-electron chi connectivity index (χ4n) is 1.71. The van der Waals surface area contributed by atoms with Gasteiger partial charge in [0.15, 0.2) is 0 Å². The Morgan fingerprint density at radius 2 is 1.58 bits per heavy atom. The maximum absolute atomic E-state index is 3.41. The van der Waals surface area contributed by atoms with Crippen LogP contribution in [0.1, 0.15) is 25.0 Å². The van der Waals surface area contributed by atoms with E-state index in [1.807, 2.05) is 20.9 Å². The lowest BCUT2D eigenvalue weighted by atomic mass is 10.2. The molecule has 0 unspecified atom stereocenters. The van der Waals surface area contributed by atoms with Crippen LogP contribution in [0.5, 0.6) is 0 Å². The minimum Gasteiger partial charge on any atom is -0.388 e. The van der Waals surface area contributed by atoms with Crippen molar-refractivity contribution < 1.29 is 0 Å². The number of hydrogen-bond donors (Lipinski definition) is 2. The van der Waals surface area contributed by atoms with Crippen molar-refractivity contribution in [2.45, 2.75) is 27.3 Å². The highest BCUT2D eigenvalue weighted by atomic mass is 14.9. The Hall–Kier alpha value is -1.96. The molecule has 0 saturated carbocycles. The lowest BCUT2D eigenvalue weighted by Crippen LogP contribution is -2.00. The third-order valence-corrected chi connectivity index (χ3v) is 2.76. The van der Waals surface area contributed by atoms with E-state index < -0.39 is 0 Å². The van der Waals surface area contributed by atoms with Crippen molar-refractivity contribution >= 4 is 11.4 Å². The summed E-state index contributed by atoms with van der Waals surface area (Å²) in [5, 5.41) is 6.56. The third-order valence-electron chi connectivity index (χ3n) is 2.76. The number of nitrogens with one attached hydrogen (secondary N) is 2. The molecule has 0 aliphatic rings. The molecule has 0 aliphatic heterocycles. The Balaban J connectivity index is 0.000000861. The molecule has 2 rings (SSSR count). The standard InChI is InChI=1S/C15H18N2.C2H6/c1-12-6-8-14(9-7-12)17-11-13-4-3-5-15(10-13)16-2;1-2/h3-10,16-17H,11H2,1-2H3;1-2H3. The number of aryl methyl sites for hydroxylation is 1. The Bertz CT molecular complexity index is 475. The molecule has 19 heavy (non-hydrogen) atoms. The summed E-state index contributed by atoms with van der Waals surface area (Å²) in [6.45, 7) is 6.94. The number of hydrogen-bond acceptors (Lipinski definition) is 2. The van der Waals surface area contributed by atoms with Crippen LogP contribution in [0, 0.1) is 6.92 Å². The van der Waals surface area contributed by atoms with E-state index in [-0.39, 0.29) is 0 Å². The minimum atomic E-state index is 0.846. The van der Waals surface area contributed by atoms with E-state index in [0.29, 0.717) is 0 Å². The first-order valence-corrected chi connectivity index (χ1v) is 6.85. The lowest BCUT2D eigenvalue weighted by molar-refractivity contribution is 1.15.